The number of halogens is 1. The van der Waals surface area contributed by atoms with Gasteiger partial charge in [0.25, 0.3) is 0 Å². The van der Waals surface area contributed by atoms with Crippen LogP contribution in [0.2, 0.25) is 0 Å². The zero-order valence-corrected chi connectivity index (χ0v) is 23.2. The first-order chi connectivity index (χ1) is 16.3. The Balaban J connectivity index is 1.87. The molecule has 0 aliphatic carbocycles. The highest BCUT2D eigenvalue weighted by atomic mass is 79.9. The van der Waals surface area contributed by atoms with Crippen LogP contribution in [0.15, 0.2) is 28.2 Å². The lowest BCUT2D eigenvalue weighted by molar-refractivity contribution is 0.0486. The Morgan fingerprint density at radius 2 is 1.77 bits per heavy atom. The molecule has 2 aromatic rings. The number of thiazole rings is 1. The van der Waals surface area contributed by atoms with E-state index in [4.69, 9.17) is 18.9 Å². The van der Waals surface area contributed by atoms with Crippen molar-refractivity contribution in [1.29, 1.82) is 0 Å². The van der Waals surface area contributed by atoms with E-state index in [0.717, 1.165) is 9.35 Å². The molecule has 0 spiro atoms. The Kier molecular flexibility index (Phi) is 8.53. The van der Waals surface area contributed by atoms with Gasteiger partial charge in [-0.05, 0) is 81.6 Å². The number of nitrogens with zero attached hydrogens (tertiary/aromatic N) is 2. The highest BCUT2D eigenvalue weighted by Gasteiger charge is 2.30. The summed E-state index contributed by atoms with van der Waals surface area (Å²) in [5.41, 5.74) is -0.468. The summed E-state index contributed by atoms with van der Waals surface area (Å²) in [6, 6.07) is 5.13. The molecule has 1 aliphatic heterocycles. The van der Waals surface area contributed by atoms with Crippen LogP contribution in [0, 0.1) is 0 Å². The van der Waals surface area contributed by atoms with E-state index in [1.54, 1.807) is 47.7 Å². The molecule has 2 heterocycles. The normalized spacial score (nSPS) is 14.1. The first-order valence-corrected chi connectivity index (χ1v) is 12.9. The SMILES string of the molecule is CC(C)(C)OC(=O)NC(Cc1ccc2c(c1)OCCO2)CN(C(=O)OC(C)(C)C)c1ncc(Br)s1. The summed E-state index contributed by atoms with van der Waals surface area (Å²) in [4.78, 5) is 31.6. The molecule has 2 amide bonds. The number of hydrogen-bond donors (Lipinski definition) is 1. The quantitative estimate of drug-likeness (QED) is 0.486. The third-order valence-electron chi connectivity index (χ3n) is 4.52. The van der Waals surface area contributed by atoms with Crippen molar-refractivity contribution >= 4 is 44.6 Å². The number of alkyl carbamates (subject to hydrolysis) is 1. The predicted molar refractivity (Wildman–Crippen MR) is 138 cm³/mol. The van der Waals surface area contributed by atoms with E-state index in [1.807, 2.05) is 18.2 Å². The minimum atomic E-state index is -0.701. The Hall–Kier alpha value is -2.53. The van der Waals surface area contributed by atoms with E-state index in [2.05, 4.69) is 26.2 Å². The molecule has 0 radical (unpaired) electrons. The van der Waals surface area contributed by atoms with Crippen molar-refractivity contribution in [2.45, 2.75) is 65.2 Å². The summed E-state index contributed by atoms with van der Waals surface area (Å²) in [6.07, 6.45) is 0.887. The maximum atomic E-state index is 13.1. The van der Waals surface area contributed by atoms with Crippen molar-refractivity contribution in [2.24, 2.45) is 0 Å². The minimum Gasteiger partial charge on any atom is -0.486 e. The van der Waals surface area contributed by atoms with Crippen LogP contribution in [-0.2, 0) is 15.9 Å². The molecule has 0 saturated carbocycles. The van der Waals surface area contributed by atoms with Crippen LogP contribution in [0.25, 0.3) is 0 Å². The molecule has 192 valence electrons. The molecular formula is C24H32BrN3O6S. The highest BCUT2D eigenvalue weighted by molar-refractivity contribution is 9.11. The average molecular weight is 571 g/mol. The van der Waals surface area contributed by atoms with E-state index in [0.29, 0.717) is 36.3 Å². The minimum absolute atomic E-state index is 0.114. The van der Waals surface area contributed by atoms with Gasteiger partial charge in [-0.1, -0.05) is 17.4 Å². The number of aromatic nitrogens is 1. The number of hydrogen-bond acceptors (Lipinski definition) is 8. The summed E-state index contributed by atoms with van der Waals surface area (Å²) >= 11 is 4.70. The number of carbonyl (C=O) groups excluding carboxylic acids is 2. The number of fused-ring (bicyclic) bond motifs is 1. The van der Waals surface area contributed by atoms with Crippen LogP contribution < -0.4 is 19.7 Å². The molecule has 11 heteroatoms. The van der Waals surface area contributed by atoms with Gasteiger partial charge in [-0.3, -0.25) is 4.90 Å². The van der Waals surface area contributed by atoms with Crippen LogP contribution in [0.1, 0.15) is 47.1 Å². The second kappa shape index (κ2) is 11.0. The fourth-order valence-electron chi connectivity index (χ4n) is 3.27. The average Bonchev–Trinajstić information content (AvgIpc) is 3.15. The van der Waals surface area contributed by atoms with E-state index in [9.17, 15) is 9.59 Å². The number of anilines is 1. The molecule has 1 aromatic heterocycles. The predicted octanol–water partition coefficient (Wildman–Crippen LogP) is 5.55. The maximum absolute atomic E-state index is 13.1. The van der Waals surface area contributed by atoms with E-state index < -0.39 is 29.4 Å². The smallest absolute Gasteiger partial charge is 0.416 e. The van der Waals surface area contributed by atoms with Gasteiger partial charge in [0.2, 0.25) is 0 Å². The third kappa shape index (κ3) is 8.57. The summed E-state index contributed by atoms with van der Waals surface area (Å²) in [7, 11) is 0. The molecule has 1 aromatic carbocycles. The highest BCUT2D eigenvalue weighted by Crippen LogP contribution is 2.32. The van der Waals surface area contributed by atoms with Gasteiger partial charge in [-0.15, -0.1) is 0 Å². The first-order valence-electron chi connectivity index (χ1n) is 11.3. The molecule has 0 fully saturated rings. The lowest BCUT2D eigenvalue weighted by Crippen LogP contribution is -2.49. The summed E-state index contributed by atoms with van der Waals surface area (Å²) in [5.74, 6) is 1.33. The van der Waals surface area contributed by atoms with Crippen molar-refractivity contribution in [3.63, 3.8) is 0 Å². The topological polar surface area (TPSA) is 99.2 Å². The second-order valence-electron chi connectivity index (χ2n) is 10.1. The van der Waals surface area contributed by atoms with Gasteiger partial charge in [-0.2, -0.15) is 0 Å². The Bertz CT molecular complexity index is 1050. The van der Waals surface area contributed by atoms with Crippen LogP contribution >= 0.6 is 27.3 Å². The molecule has 1 unspecified atom stereocenters. The van der Waals surface area contributed by atoms with E-state index in [1.165, 1.54) is 16.2 Å². The van der Waals surface area contributed by atoms with Crippen molar-refractivity contribution in [2.75, 3.05) is 24.7 Å². The van der Waals surface area contributed by atoms with Gasteiger partial charge in [-0.25, -0.2) is 14.6 Å². The fourth-order valence-corrected chi connectivity index (χ4v) is 4.45. The zero-order valence-electron chi connectivity index (χ0n) is 20.8. The number of amides is 2. The van der Waals surface area contributed by atoms with Crippen LogP contribution in [0.3, 0.4) is 0 Å². The maximum Gasteiger partial charge on any atom is 0.416 e. The van der Waals surface area contributed by atoms with E-state index >= 15 is 0 Å². The lowest BCUT2D eigenvalue weighted by atomic mass is 10.0. The second-order valence-corrected chi connectivity index (χ2v) is 12.5. The van der Waals surface area contributed by atoms with Crippen LogP contribution in [0.5, 0.6) is 11.5 Å². The van der Waals surface area contributed by atoms with Gasteiger partial charge < -0.3 is 24.3 Å². The summed E-state index contributed by atoms with van der Waals surface area (Å²) in [5, 5.41) is 3.36. The molecule has 0 bridgehead atoms. The molecule has 1 aliphatic rings. The number of nitrogens with one attached hydrogen (secondary N) is 1. The van der Waals surface area contributed by atoms with Gasteiger partial charge >= 0.3 is 12.2 Å². The monoisotopic (exact) mass is 569 g/mol. The number of ether oxygens (including phenoxy) is 4. The van der Waals surface area contributed by atoms with Crippen LogP contribution in [0.4, 0.5) is 14.7 Å². The number of rotatable bonds is 6. The van der Waals surface area contributed by atoms with E-state index in [-0.39, 0.29) is 6.54 Å². The van der Waals surface area contributed by atoms with Gasteiger partial charge in [0.05, 0.1) is 22.6 Å². The largest absolute Gasteiger partial charge is 0.486 e. The van der Waals surface area contributed by atoms with Gasteiger partial charge in [0, 0.05) is 0 Å². The van der Waals surface area contributed by atoms with Crippen molar-refractivity contribution in [3.05, 3.63) is 33.7 Å². The van der Waals surface area contributed by atoms with Crippen molar-refractivity contribution < 1.29 is 28.5 Å². The Labute approximate surface area is 218 Å². The Morgan fingerprint density at radius 3 is 2.37 bits per heavy atom. The zero-order chi connectivity index (χ0) is 25.8. The van der Waals surface area contributed by atoms with Gasteiger partial charge in [0.15, 0.2) is 16.6 Å². The molecule has 1 atom stereocenters. The molecule has 9 nitrogen and oxygen atoms in total. The standard InChI is InChI=1S/C24H32BrN3O6S/c1-23(2,3)33-21(29)27-16(11-15-7-8-17-18(12-15)32-10-9-31-17)14-28(20-26-13-19(25)35-20)22(30)34-24(4,5)6/h7-8,12-13,16H,9-11,14H2,1-6H3,(H,27,29). The van der Waals surface area contributed by atoms with Gasteiger partial charge in [0.1, 0.15) is 24.4 Å². The third-order valence-corrected chi connectivity index (χ3v) is 6.02. The number of carbonyl (C=O) groups is 2. The summed E-state index contributed by atoms with van der Waals surface area (Å²) < 4.78 is 23.2. The molecule has 1 N–H and O–H groups in total. The van der Waals surface area contributed by atoms with Crippen molar-refractivity contribution in [1.82, 2.24) is 10.3 Å². The lowest BCUT2D eigenvalue weighted by Gasteiger charge is -2.30. The Morgan fingerprint density at radius 1 is 1.11 bits per heavy atom. The molecule has 0 saturated heterocycles. The molecule has 35 heavy (non-hydrogen) atoms. The molecule has 3 rings (SSSR count). The first kappa shape index (κ1) is 27.1. The van der Waals surface area contributed by atoms with Crippen LogP contribution in [-0.4, -0.2) is 54.2 Å². The number of benzene rings is 1. The van der Waals surface area contributed by atoms with Crippen molar-refractivity contribution in [3.8, 4) is 11.5 Å². The molecular weight excluding hydrogens is 538 g/mol. The summed E-state index contributed by atoms with van der Waals surface area (Å²) in [6.45, 7) is 11.9. The fraction of sp³-hybridized carbons (Fsp3) is 0.542.